The molecule has 0 aliphatic carbocycles. The van der Waals surface area contributed by atoms with Gasteiger partial charge in [0, 0.05) is 19.0 Å². The molecule has 7 nitrogen and oxygen atoms in total. The number of benzene rings is 2. The zero-order valence-corrected chi connectivity index (χ0v) is 17.9. The Balaban J connectivity index is 1.57. The zero-order chi connectivity index (χ0) is 22.1. The third-order valence-corrected chi connectivity index (χ3v) is 6.04. The van der Waals surface area contributed by atoms with Gasteiger partial charge in [0.25, 0.3) is 11.5 Å². The van der Waals surface area contributed by atoms with E-state index < -0.39 is 0 Å². The molecule has 2 aromatic heterocycles. The van der Waals surface area contributed by atoms with Crippen molar-refractivity contribution in [3.05, 3.63) is 82.5 Å². The lowest BCUT2D eigenvalue weighted by Crippen LogP contribution is -2.36. The Labute approximate surface area is 185 Å². The molecule has 1 aliphatic heterocycles. The summed E-state index contributed by atoms with van der Waals surface area (Å²) in [7, 11) is 1.61. The van der Waals surface area contributed by atoms with Crippen LogP contribution >= 0.6 is 0 Å². The van der Waals surface area contributed by atoms with Gasteiger partial charge in [-0.15, -0.1) is 0 Å². The highest BCUT2D eigenvalue weighted by molar-refractivity contribution is 5.95. The number of carbonyl (C=O) groups is 1. The summed E-state index contributed by atoms with van der Waals surface area (Å²) in [6, 6.07) is 18.5. The van der Waals surface area contributed by atoms with E-state index >= 15 is 0 Å². The molecule has 32 heavy (non-hydrogen) atoms. The smallest absolute Gasteiger partial charge is 0.273 e. The molecular weight excluding hydrogens is 404 g/mol. The summed E-state index contributed by atoms with van der Waals surface area (Å²) in [6.45, 7) is 1.38. The number of hydrogen-bond donors (Lipinski definition) is 0. The number of carbonyl (C=O) groups excluding carboxylic acids is 1. The predicted molar refractivity (Wildman–Crippen MR) is 123 cm³/mol. The third kappa shape index (κ3) is 3.54. The molecule has 0 saturated carbocycles. The van der Waals surface area contributed by atoms with Crippen LogP contribution in [0.25, 0.3) is 21.8 Å². The first-order chi connectivity index (χ1) is 15.7. The first kappa shape index (κ1) is 20.3. The van der Waals surface area contributed by atoms with Gasteiger partial charge in [0.1, 0.15) is 11.5 Å². The minimum Gasteiger partial charge on any atom is -0.383 e. The van der Waals surface area contributed by atoms with Crippen molar-refractivity contribution in [2.45, 2.75) is 25.4 Å². The Morgan fingerprint density at radius 1 is 1.03 bits per heavy atom. The van der Waals surface area contributed by atoms with Gasteiger partial charge in [-0.2, -0.15) is 0 Å². The second-order valence-corrected chi connectivity index (χ2v) is 7.98. The highest BCUT2D eigenvalue weighted by atomic mass is 16.5. The van der Waals surface area contributed by atoms with Gasteiger partial charge in [0.15, 0.2) is 0 Å². The van der Waals surface area contributed by atoms with Crippen LogP contribution in [0, 0.1) is 0 Å². The standard InChI is InChI=1S/C25H24N4O3/c1-32-16-15-29-23(27-20-10-5-3-8-18(20)24(29)30)22-11-6-14-28(22)25(31)21-13-12-17-7-2-4-9-19(17)26-21/h2-5,7-10,12-13,22H,6,11,14-16H2,1H3. The summed E-state index contributed by atoms with van der Waals surface area (Å²) in [6.07, 6.45) is 1.59. The maximum Gasteiger partial charge on any atom is 0.273 e. The van der Waals surface area contributed by atoms with Crippen molar-refractivity contribution in [1.82, 2.24) is 19.4 Å². The van der Waals surface area contributed by atoms with Crippen molar-refractivity contribution in [3.63, 3.8) is 0 Å². The van der Waals surface area contributed by atoms with E-state index in [9.17, 15) is 9.59 Å². The molecule has 0 radical (unpaired) electrons. The topological polar surface area (TPSA) is 77.3 Å². The van der Waals surface area contributed by atoms with Gasteiger partial charge < -0.3 is 9.64 Å². The normalized spacial score (nSPS) is 16.2. The summed E-state index contributed by atoms with van der Waals surface area (Å²) in [5.41, 5.74) is 1.73. The van der Waals surface area contributed by atoms with Crippen molar-refractivity contribution >= 4 is 27.7 Å². The van der Waals surface area contributed by atoms with E-state index in [0.29, 0.717) is 42.1 Å². The first-order valence-corrected chi connectivity index (χ1v) is 10.8. The van der Waals surface area contributed by atoms with Crippen molar-refractivity contribution in [2.24, 2.45) is 0 Å². The van der Waals surface area contributed by atoms with Crippen LogP contribution < -0.4 is 5.56 Å². The van der Waals surface area contributed by atoms with Crippen molar-refractivity contribution in [3.8, 4) is 0 Å². The summed E-state index contributed by atoms with van der Waals surface area (Å²) in [4.78, 5) is 38.0. The van der Waals surface area contributed by atoms with Crippen LogP contribution in [0.15, 0.2) is 65.5 Å². The van der Waals surface area contributed by atoms with Crippen LogP contribution in [-0.4, -0.2) is 45.6 Å². The molecule has 1 atom stereocenters. The molecule has 0 spiro atoms. The molecule has 1 aliphatic rings. The van der Waals surface area contributed by atoms with Crippen LogP contribution in [0.5, 0.6) is 0 Å². The van der Waals surface area contributed by atoms with Crippen LogP contribution in [0.2, 0.25) is 0 Å². The second kappa shape index (κ2) is 8.51. The Morgan fingerprint density at radius 2 is 1.81 bits per heavy atom. The zero-order valence-electron chi connectivity index (χ0n) is 17.9. The van der Waals surface area contributed by atoms with E-state index in [1.807, 2.05) is 48.5 Å². The number of amides is 1. The molecule has 1 fully saturated rings. The monoisotopic (exact) mass is 428 g/mol. The van der Waals surface area contributed by atoms with Crippen molar-refractivity contribution in [1.29, 1.82) is 0 Å². The lowest BCUT2D eigenvalue weighted by atomic mass is 10.1. The summed E-state index contributed by atoms with van der Waals surface area (Å²) < 4.78 is 6.90. The lowest BCUT2D eigenvalue weighted by Gasteiger charge is -2.26. The molecule has 1 amide bonds. The average molecular weight is 428 g/mol. The van der Waals surface area contributed by atoms with E-state index in [2.05, 4.69) is 4.98 Å². The number of hydrogen-bond acceptors (Lipinski definition) is 5. The van der Waals surface area contributed by atoms with Crippen LogP contribution in [0.4, 0.5) is 0 Å². The second-order valence-electron chi connectivity index (χ2n) is 7.98. The van der Waals surface area contributed by atoms with Gasteiger partial charge in [0.2, 0.25) is 0 Å². The van der Waals surface area contributed by atoms with Gasteiger partial charge in [-0.3, -0.25) is 14.2 Å². The third-order valence-electron chi connectivity index (χ3n) is 6.04. The number of ether oxygens (including phenoxy) is 1. The molecule has 7 heteroatoms. The minimum atomic E-state index is -0.287. The summed E-state index contributed by atoms with van der Waals surface area (Å²) in [5.74, 6) is 0.469. The Hall–Kier alpha value is -3.58. The van der Waals surface area contributed by atoms with Crippen LogP contribution in [-0.2, 0) is 11.3 Å². The average Bonchev–Trinajstić information content (AvgIpc) is 3.32. The number of pyridine rings is 1. The molecule has 0 bridgehead atoms. The van der Waals surface area contributed by atoms with Gasteiger partial charge in [-0.05, 0) is 37.1 Å². The number of fused-ring (bicyclic) bond motifs is 2. The fraction of sp³-hybridized carbons (Fsp3) is 0.280. The van der Waals surface area contributed by atoms with Gasteiger partial charge in [0.05, 0.1) is 35.6 Å². The first-order valence-electron chi connectivity index (χ1n) is 10.8. The highest BCUT2D eigenvalue weighted by Gasteiger charge is 2.34. The molecular formula is C25H24N4O3. The SMILES string of the molecule is COCCn1c(C2CCCN2C(=O)c2ccc3ccccc3n2)nc2ccccc2c1=O. The van der Waals surface area contributed by atoms with Crippen molar-refractivity contribution in [2.75, 3.05) is 20.3 Å². The highest BCUT2D eigenvalue weighted by Crippen LogP contribution is 2.32. The van der Waals surface area contributed by atoms with Crippen LogP contribution in [0.3, 0.4) is 0 Å². The van der Waals surface area contributed by atoms with E-state index in [1.54, 1.807) is 28.7 Å². The maximum absolute atomic E-state index is 13.5. The predicted octanol–water partition coefficient (Wildman–Crippen LogP) is 3.57. The number of aromatic nitrogens is 3. The number of para-hydroxylation sites is 2. The van der Waals surface area contributed by atoms with E-state index in [-0.39, 0.29) is 17.5 Å². The quantitative estimate of drug-likeness (QED) is 0.486. The number of methoxy groups -OCH3 is 1. The Kier molecular flexibility index (Phi) is 5.41. The van der Waals surface area contributed by atoms with E-state index in [1.165, 1.54) is 0 Å². The molecule has 1 saturated heterocycles. The summed E-state index contributed by atoms with van der Waals surface area (Å²) in [5, 5.41) is 1.56. The minimum absolute atomic E-state index is 0.106. The van der Waals surface area contributed by atoms with Gasteiger partial charge in [-0.1, -0.05) is 36.4 Å². The van der Waals surface area contributed by atoms with Crippen molar-refractivity contribution < 1.29 is 9.53 Å². The lowest BCUT2D eigenvalue weighted by molar-refractivity contribution is 0.0719. The molecule has 3 heterocycles. The molecule has 162 valence electrons. The largest absolute Gasteiger partial charge is 0.383 e. The van der Waals surface area contributed by atoms with E-state index in [4.69, 9.17) is 9.72 Å². The van der Waals surface area contributed by atoms with Crippen LogP contribution in [0.1, 0.15) is 35.2 Å². The molecule has 1 unspecified atom stereocenters. The number of nitrogens with zero attached hydrogens (tertiary/aromatic N) is 4. The van der Waals surface area contributed by atoms with Gasteiger partial charge in [-0.25, -0.2) is 9.97 Å². The molecule has 5 rings (SSSR count). The van der Waals surface area contributed by atoms with E-state index in [0.717, 1.165) is 23.7 Å². The summed E-state index contributed by atoms with van der Waals surface area (Å²) >= 11 is 0. The Morgan fingerprint density at radius 3 is 2.66 bits per heavy atom. The maximum atomic E-state index is 13.5. The molecule has 2 aromatic carbocycles. The van der Waals surface area contributed by atoms with Gasteiger partial charge >= 0.3 is 0 Å². The molecule has 4 aromatic rings. The fourth-order valence-corrected chi connectivity index (χ4v) is 4.45. The Bertz CT molecular complexity index is 1360. The number of rotatable bonds is 5. The fourth-order valence-electron chi connectivity index (χ4n) is 4.45. The number of likely N-dealkylation sites (tertiary alicyclic amines) is 1. The molecule has 0 N–H and O–H groups in total.